The molecule has 9 heteroatoms. The molecule has 1 fully saturated rings. The minimum atomic E-state index is -0.620. The summed E-state index contributed by atoms with van der Waals surface area (Å²) in [6.45, 7) is 4.95. The zero-order valence-electron chi connectivity index (χ0n) is 19.9. The van der Waals surface area contributed by atoms with Gasteiger partial charge in [0.1, 0.15) is 11.6 Å². The average molecular weight is 465 g/mol. The van der Waals surface area contributed by atoms with E-state index in [0.29, 0.717) is 24.5 Å². The Hall–Kier alpha value is -3.49. The van der Waals surface area contributed by atoms with Crippen LogP contribution in [0.15, 0.2) is 30.7 Å². The number of fused-ring (bicyclic) bond motifs is 1. The highest BCUT2D eigenvalue weighted by atomic mass is 19.1. The van der Waals surface area contributed by atoms with Gasteiger partial charge in [-0.05, 0) is 44.7 Å². The van der Waals surface area contributed by atoms with Crippen LogP contribution in [0.5, 0.6) is 5.88 Å². The first-order chi connectivity index (χ1) is 16.3. The van der Waals surface area contributed by atoms with E-state index in [1.165, 1.54) is 18.7 Å². The lowest BCUT2D eigenvalue weighted by Crippen LogP contribution is -2.46. The number of halogens is 1. The summed E-state index contributed by atoms with van der Waals surface area (Å²) in [5, 5.41) is 7.94. The fourth-order valence-electron chi connectivity index (χ4n) is 5.14. The number of carbonyl (C=O) groups excluding carboxylic acids is 1. The van der Waals surface area contributed by atoms with Crippen LogP contribution in [0.3, 0.4) is 0 Å². The van der Waals surface area contributed by atoms with Crippen LogP contribution in [0.4, 0.5) is 10.2 Å². The van der Waals surface area contributed by atoms with E-state index >= 15 is 0 Å². The Morgan fingerprint density at radius 3 is 2.85 bits per heavy atom. The molecule has 1 amide bonds. The topological polar surface area (TPSA) is 85.2 Å². The van der Waals surface area contributed by atoms with Gasteiger partial charge in [0.05, 0.1) is 31.0 Å². The van der Waals surface area contributed by atoms with Crippen molar-refractivity contribution in [3.8, 4) is 17.0 Å². The number of anilines is 1. The third-order valence-electron chi connectivity index (χ3n) is 7.14. The van der Waals surface area contributed by atoms with Crippen LogP contribution in [0.2, 0.25) is 0 Å². The molecule has 1 saturated heterocycles. The molecule has 0 saturated carbocycles. The van der Waals surface area contributed by atoms with Crippen LogP contribution in [0.1, 0.15) is 42.5 Å². The van der Waals surface area contributed by atoms with E-state index in [2.05, 4.69) is 21.5 Å². The Bertz CT molecular complexity index is 1260. The zero-order valence-corrected chi connectivity index (χ0v) is 19.9. The number of rotatable bonds is 4. The van der Waals surface area contributed by atoms with Gasteiger partial charge in [-0.2, -0.15) is 5.10 Å². The maximum atomic E-state index is 14.4. The molecule has 2 atom stereocenters. The van der Waals surface area contributed by atoms with Gasteiger partial charge in [-0.3, -0.25) is 9.48 Å². The molecule has 5 heterocycles. The number of ether oxygens (including phenoxy) is 1. The summed E-state index contributed by atoms with van der Waals surface area (Å²) in [7, 11) is 3.38. The second kappa shape index (κ2) is 8.38. The Balaban J connectivity index is 1.33. The Labute approximate surface area is 198 Å². The number of aromatic nitrogens is 4. The quantitative estimate of drug-likeness (QED) is 0.637. The maximum absolute atomic E-state index is 14.4. The van der Waals surface area contributed by atoms with Crippen molar-refractivity contribution >= 4 is 11.7 Å². The Morgan fingerprint density at radius 2 is 2.12 bits per heavy atom. The molecule has 2 aliphatic heterocycles. The number of methoxy groups -OCH3 is 1. The number of carbonyl (C=O) groups is 1. The molecule has 2 unspecified atom stereocenters. The lowest BCUT2D eigenvalue weighted by Gasteiger charge is -2.36. The smallest absolute Gasteiger partial charge is 0.230 e. The molecule has 0 aromatic carbocycles. The second-order valence-corrected chi connectivity index (χ2v) is 9.42. The molecule has 0 aliphatic carbocycles. The number of likely N-dealkylation sites (tertiary alicyclic amines) is 1. The summed E-state index contributed by atoms with van der Waals surface area (Å²) in [6.07, 6.45) is 7.59. The van der Waals surface area contributed by atoms with Gasteiger partial charge in [0, 0.05) is 54.8 Å². The van der Waals surface area contributed by atoms with E-state index < -0.39 is 11.7 Å². The van der Waals surface area contributed by atoms with Crippen molar-refractivity contribution < 1.29 is 13.9 Å². The van der Waals surface area contributed by atoms with Crippen LogP contribution in [0.25, 0.3) is 11.1 Å². The first kappa shape index (κ1) is 22.3. The van der Waals surface area contributed by atoms with Gasteiger partial charge >= 0.3 is 0 Å². The average Bonchev–Trinajstić information content (AvgIpc) is 3.44. The highest BCUT2D eigenvalue weighted by Gasteiger charge is 2.43. The summed E-state index contributed by atoms with van der Waals surface area (Å²) in [5.74, 6) is -0.0161. The molecule has 0 radical (unpaired) electrons. The standard InChI is InChI=1S/C25H29FN6O2/c1-15(19-10-22(34-4)27-12-21(19)26)24(33)32-8-7-25(14-32)6-5-17-9-20(16(2)29-23(17)30-25)18-11-28-31(3)13-18/h9-13,15H,5-8,14H2,1-4H3,(H,29,30). The summed E-state index contributed by atoms with van der Waals surface area (Å²) < 4.78 is 21.3. The van der Waals surface area contributed by atoms with Crippen LogP contribution < -0.4 is 10.1 Å². The largest absolute Gasteiger partial charge is 0.481 e. The molecule has 0 bridgehead atoms. The monoisotopic (exact) mass is 464 g/mol. The second-order valence-electron chi connectivity index (χ2n) is 9.42. The van der Waals surface area contributed by atoms with Crippen LogP contribution in [-0.4, -0.2) is 56.3 Å². The van der Waals surface area contributed by atoms with Crippen molar-refractivity contribution in [1.29, 1.82) is 0 Å². The van der Waals surface area contributed by atoms with Crippen molar-refractivity contribution in [1.82, 2.24) is 24.6 Å². The molecule has 3 aromatic rings. The molecule has 1 N–H and O–H groups in total. The van der Waals surface area contributed by atoms with Crippen LogP contribution >= 0.6 is 0 Å². The molecule has 3 aromatic heterocycles. The number of amides is 1. The van der Waals surface area contributed by atoms with Crippen molar-refractivity contribution in [2.75, 3.05) is 25.5 Å². The molecule has 8 nitrogen and oxygen atoms in total. The lowest BCUT2D eigenvalue weighted by atomic mass is 9.86. The molecule has 178 valence electrons. The van der Waals surface area contributed by atoms with E-state index in [9.17, 15) is 9.18 Å². The van der Waals surface area contributed by atoms with E-state index in [4.69, 9.17) is 9.72 Å². The summed E-state index contributed by atoms with van der Waals surface area (Å²) in [6, 6.07) is 3.71. The highest BCUT2D eigenvalue weighted by molar-refractivity contribution is 5.84. The predicted molar refractivity (Wildman–Crippen MR) is 126 cm³/mol. The third-order valence-corrected chi connectivity index (χ3v) is 7.14. The highest BCUT2D eigenvalue weighted by Crippen LogP contribution is 2.39. The SMILES string of the molecule is COc1cc(C(C)C(=O)N2CCC3(CCc4cc(-c5cnn(C)c5)c(C)nc4N3)C2)c(F)cn1. The van der Waals surface area contributed by atoms with E-state index in [-0.39, 0.29) is 11.4 Å². The first-order valence-corrected chi connectivity index (χ1v) is 11.5. The maximum Gasteiger partial charge on any atom is 0.230 e. The van der Waals surface area contributed by atoms with Gasteiger partial charge in [-0.15, -0.1) is 0 Å². The van der Waals surface area contributed by atoms with Gasteiger partial charge in [-0.1, -0.05) is 0 Å². The van der Waals surface area contributed by atoms with Gasteiger partial charge in [0.15, 0.2) is 0 Å². The van der Waals surface area contributed by atoms with Crippen molar-refractivity contribution in [2.45, 2.75) is 44.6 Å². The van der Waals surface area contributed by atoms with Crippen LogP contribution in [-0.2, 0) is 18.3 Å². The van der Waals surface area contributed by atoms with Gasteiger partial charge in [0.25, 0.3) is 0 Å². The fourth-order valence-corrected chi connectivity index (χ4v) is 5.14. The van der Waals surface area contributed by atoms with Gasteiger partial charge in [0.2, 0.25) is 11.8 Å². The summed E-state index contributed by atoms with van der Waals surface area (Å²) in [4.78, 5) is 23.9. The number of aryl methyl sites for hydroxylation is 3. The normalized spacial score (nSPS) is 20.2. The lowest BCUT2D eigenvalue weighted by molar-refractivity contribution is -0.131. The van der Waals surface area contributed by atoms with Gasteiger partial charge in [-0.25, -0.2) is 14.4 Å². The number of hydrogen-bond donors (Lipinski definition) is 1. The number of pyridine rings is 2. The van der Waals surface area contributed by atoms with E-state index in [1.807, 2.05) is 31.3 Å². The molecule has 34 heavy (non-hydrogen) atoms. The zero-order chi connectivity index (χ0) is 24.0. The molecular weight excluding hydrogens is 435 g/mol. The fraction of sp³-hybridized carbons (Fsp3) is 0.440. The Kier molecular flexibility index (Phi) is 5.50. The van der Waals surface area contributed by atoms with E-state index in [0.717, 1.165) is 48.1 Å². The number of nitrogens with one attached hydrogen (secondary N) is 1. The van der Waals surface area contributed by atoms with Crippen molar-refractivity contribution in [3.63, 3.8) is 0 Å². The number of nitrogens with zero attached hydrogens (tertiary/aromatic N) is 5. The van der Waals surface area contributed by atoms with Crippen LogP contribution in [0, 0.1) is 12.7 Å². The van der Waals surface area contributed by atoms with Crippen molar-refractivity contribution in [3.05, 3.63) is 53.4 Å². The first-order valence-electron chi connectivity index (χ1n) is 11.5. The van der Waals surface area contributed by atoms with E-state index in [1.54, 1.807) is 11.6 Å². The van der Waals surface area contributed by atoms with Gasteiger partial charge < -0.3 is 15.0 Å². The minimum Gasteiger partial charge on any atom is -0.481 e. The molecule has 1 spiro atoms. The van der Waals surface area contributed by atoms with Crippen molar-refractivity contribution in [2.24, 2.45) is 7.05 Å². The third kappa shape index (κ3) is 3.89. The Morgan fingerprint density at radius 1 is 1.29 bits per heavy atom. The predicted octanol–water partition coefficient (Wildman–Crippen LogP) is 3.47. The summed E-state index contributed by atoms with van der Waals surface area (Å²) >= 11 is 0. The molecule has 5 rings (SSSR count). The summed E-state index contributed by atoms with van der Waals surface area (Å²) in [5.41, 5.74) is 4.36. The molecule has 2 aliphatic rings. The number of hydrogen-bond acceptors (Lipinski definition) is 6. The molecular formula is C25H29FN6O2. The minimum absolute atomic E-state index is 0.0901.